The van der Waals surface area contributed by atoms with Gasteiger partial charge in [0.15, 0.2) is 0 Å². The number of ether oxygens (including phenoxy) is 1. The molecule has 1 amide bonds. The molecule has 3 nitrogen and oxygen atoms in total. The second-order valence-corrected chi connectivity index (χ2v) is 9.37. The van der Waals surface area contributed by atoms with Crippen molar-refractivity contribution in [3.8, 4) is 5.75 Å². The van der Waals surface area contributed by atoms with Crippen LogP contribution in [0.4, 0.5) is 5.69 Å². The fraction of sp³-hybridized carbons (Fsp3) is 0.423. The lowest BCUT2D eigenvalue weighted by molar-refractivity contribution is -0.111. The molecule has 29 heavy (non-hydrogen) atoms. The minimum absolute atomic E-state index is 0.108. The zero-order valence-electron chi connectivity index (χ0n) is 17.1. The molecule has 4 aliphatic carbocycles. The van der Waals surface area contributed by atoms with Crippen molar-refractivity contribution in [3.63, 3.8) is 0 Å². The van der Waals surface area contributed by atoms with E-state index in [9.17, 15) is 4.79 Å². The van der Waals surface area contributed by atoms with Gasteiger partial charge in [0.05, 0.1) is 7.11 Å². The van der Waals surface area contributed by atoms with Crippen molar-refractivity contribution >= 4 is 17.7 Å². The van der Waals surface area contributed by atoms with E-state index in [2.05, 4.69) is 29.6 Å². The highest BCUT2D eigenvalue weighted by Crippen LogP contribution is 2.60. The maximum absolute atomic E-state index is 12.3. The molecule has 4 bridgehead atoms. The van der Waals surface area contributed by atoms with Crippen molar-refractivity contribution in [2.75, 3.05) is 12.4 Å². The molecular formula is C26H29NO2. The van der Waals surface area contributed by atoms with Crippen LogP contribution in [0.1, 0.15) is 49.7 Å². The molecule has 4 aliphatic rings. The number of hydrogen-bond donors (Lipinski definition) is 1. The van der Waals surface area contributed by atoms with E-state index in [1.165, 1.54) is 44.1 Å². The van der Waals surface area contributed by atoms with E-state index in [0.29, 0.717) is 5.41 Å². The molecule has 0 aliphatic heterocycles. The molecule has 150 valence electrons. The first-order valence-electron chi connectivity index (χ1n) is 10.9. The van der Waals surface area contributed by atoms with Gasteiger partial charge >= 0.3 is 0 Å². The van der Waals surface area contributed by atoms with E-state index >= 15 is 0 Å². The highest BCUT2D eigenvalue weighted by atomic mass is 16.5. The zero-order valence-corrected chi connectivity index (χ0v) is 17.1. The van der Waals surface area contributed by atoms with Crippen LogP contribution in [0.5, 0.6) is 5.75 Å². The van der Waals surface area contributed by atoms with Crippen LogP contribution in [0.2, 0.25) is 0 Å². The van der Waals surface area contributed by atoms with Gasteiger partial charge in [-0.3, -0.25) is 4.79 Å². The van der Waals surface area contributed by atoms with Gasteiger partial charge in [0, 0.05) is 11.8 Å². The van der Waals surface area contributed by atoms with Crippen LogP contribution in [0.25, 0.3) is 6.08 Å². The third-order valence-corrected chi connectivity index (χ3v) is 7.35. The van der Waals surface area contributed by atoms with E-state index in [4.69, 9.17) is 4.74 Å². The number of amides is 1. The number of methoxy groups -OCH3 is 1. The van der Waals surface area contributed by atoms with Crippen LogP contribution >= 0.6 is 0 Å². The molecule has 0 saturated heterocycles. The Bertz CT molecular complexity index is 875. The fourth-order valence-electron chi connectivity index (χ4n) is 6.44. The minimum Gasteiger partial charge on any atom is -0.497 e. The Morgan fingerprint density at radius 1 is 0.931 bits per heavy atom. The van der Waals surface area contributed by atoms with Gasteiger partial charge < -0.3 is 10.1 Å². The second kappa shape index (κ2) is 7.37. The zero-order chi connectivity index (χ0) is 19.8. The van der Waals surface area contributed by atoms with Gasteiger partial charge in [-0.15, -0.1) is 0 Å². The van der Waals surface area contributed by atoms with Crippen LogP contribution < -0.4 is 10.1 Å². The van der Waals surface area contributed by atoms with Gasteiger partial charge in [-0.25, -0.2) is 0 Å². The summed E-state index contributed by atoms with van der Waals surface area (Å²) in [6.07, 6.45) is 11.9. The molecule has 1 N–H and O–H groups in total. The SMILES string of the molecule is COc1ccc(/C=C/C(=O)Nc2ccc(C34CC5CC(CC(C5)C3)C4)cc2)cc1. The van der Waals surface area contributed by atoms with Crippen molar-refractivity contribution in [1.29, 1.82) is 0 Å². The third-order valence-electron chi connectivity index (χ3n) is 7.35. The summed E-state index contributed by atoms with van der Waals surface area (Å²) in [4.78, 5) is 12.3. The first kappa shape index (κ1) is 18.5. The lowest BCUT2D eigenvalue weighted by atomic mass is 9.48. The lowest BCUT2D eigenvalue weighted by Gasteiger charge is -2.57. The quantitative estimate of drug-likeness (QED) is 0.657. The number of hydrogen-bond acceptors (Lipinski definition) is 2. The average molecular weight is 388 g/mol. The summed E-state index contributed by atoms with van der Waals surface area (Å²) in [5.41, 5.74) is 3.73. The molecule has 0 aromatic heterocycles. The van der Waals surface area contributed by atoms with Crippen molar-refractivity contribution in [1.82, 2.24) is 0 Å². The molecule has 3 heteroatoms. The Labute approximate surface area is 173 Å². The Morgan fingerprint density at radius 3 is 2.07 bits per heavy atom. The highest BCUT2D eigenvalue weighted by Gasteiger charge is 2.51. The van der Waals surface area contributed by atoms with E-state index in [-0.39, 0.29) is 5.91 Å². The minimum atomic E-state index is -0.108. The summed E-state index contributed by atoms with van der Waals surface area (Å²) < 4.78 is 5.16. The standard InChI is InChI=1S/C26H29NO2/c1-29-24-9-2-18(3-10-24)4-11-25(28)27-23-7-5-22(6-8-23)26-15-19-12-20(16-26)14-21(13-19)17-26/h2-11,19-21H,12-17H2,1H3,(H,27,28)/b11-4+. The summed E-state index contributed by atoms with van der Waals surface area (Å²) in [7, 11) is 1.65. The molecule has 4 fully saturated rings. The van der Waals surface area contributed by atoms with E-state index < -0.39 is 0 Å². The number of benzene rings is 2. The number of rotatable bonds is 5. The van der Waals surface area contributed by atoms with Crippen LogP contribution in [-0.2, 0) is 10.2 Å². The molecule has 0 heterocycles. The Kier molecular flexibility index (Phi) is 4.69. The molecule has 2 aromatic carbocycles. The van der Waals surface area contributed by atoms with Gasteiger partial charge in [0.25, 0.3) is 0 Å². The summed E-state index contributed by atoms with van der Waals surface area (Å²) >= 11 is 0. The molecular weight excluding hydrogens is 358 g/mol. The van der Waals surface area contributed by atoms with Gasteiger partial charge in [0.2, 0.25) is 5.91 Å². The van der Waals surface area contributed by atoms with Crippen molar-refractivity contribution in [2.45, 2.75) is 43.9 Å². The van der Waals surface area contributed by atoms with Crippen molar-refractivity contribution in [2.24, 2.45) is 17.8 Å². The van der Waals surface area contributed by atoms with Crippen molar-refractivity contribution < 1.29 is 9.53 Å². The van der Waals surface area contributed by atoms with Gasteiger partial charge in [0.1, 0.15) is 5.75 Å². The summed E-state index contributed by atoms with van der Waals surface area (Å²) in [5.74, 6) is 3.55. The van der Waals surface area contributed by atoms with E-state index in [1.54, 1.807) is 13.2 Å². The molecule has 0 spiro atoms. The van der Waals surface area contributed by atoms with Crippen LogP contribution in [-0.4, -0.2) is 13.0 Å². The van der Waals surface area contributed by atoms with Crippen LogP contribution in [0, 0.1) is 17.8 Å². The summed E-state index contributed by atoms with van der Waals surface area (Å²) in [6, 6.07) is 16.3. The normalized spacial score (nSPS) is 29.9. The number of anilines is 1. The maximum atomic E-state index is 12.3. The fourth-order valence-corrected chi connectivity index (χ4v) is 6.44. The molecule has 2 aromatic rings. The van der Waals surface area contributed by atoms with Gasteiger partial charge in [-0.1, -0.05) is 24.3 Å². The Hall–Kier alpha value is -2.55. The van der Waals surface area contributed by atoms with E-state index in [0.717, 1.165) is 34.8 Å². The number of carbonyl (C=O) groups excluding carboxylic acids is 1. The largest absolute Gasteiger partial charge is 0.497 e. The first-order chi connectivity index (χ1) is 14.1. The molecule has 0 radical (unpaired) electrons. The maximum Gasteiger partial charge on any atom is 0.248 e. The third kappa shape index (κ3) is 3.71. The smallest absolute Gasteiger partial charge is 0.248 e. The van der Waals surface area contributed by atoms with Gasteiger partial charge in [-0.2, -0.15) is 0 Å². The Balaban J connectivity index is 1.23. The average Bonchev–Trinajstić information content (AvgIpc) is 2.72. The number of nitrogens with one attached hydrogen (secondary N) is 1. The van der Waals surface area contributed by atoms with E-state index in [1.807, 2.05) is 30.3 Å². The molecule has 0 unspecified atom stereocenters. The predicted molar refractivity (Wildman–Crippen MR) is 117 cm³/mol. The van der Waals surface area contributed by atoms with Crippen LogP contribution in [0.3, 0.4) is 0 Å². The topological polar surface area (TPSA) is 38.3 Å². The first-order valence-corrected chi connectivity index (χ1v) is 10.9. The molecule has 6 rings (SSSR count). The van der Waals surface area contributed by atoms with Gasteiger partial charge in [-0.05, 0) is 103 Å². The van der Waals surface area contributed by atoms with Crippen LogP contribution in [0.15, 0.2) is 54.6 Å². The highest BCUT2D eigenvalue weighted by molar-refractivity contribution is 6.01. The summed E-state index contributed by atoms with van der Waals surface area (Å²) in [5, 5.41) is 2.99. The second-order valence-electron chi connectivity index (χ2n) is 9.37. The molecule has 0 atom stereocenters. The molecule has 4 saturated carbocycles. The summed E-state index contributed by atoms with van der Waals surface area (Å²) in [6.45, 7) is 0. The predicted octanol–water partition coefficient (Wildman–Crippen LogP) is 5.81. The number of carbonyl (C=O) groups is 1. The monoisotopic (exact) mass is 387 g/mol. The lowest BCUT2D eigenvalue weighted by Crippen LogP contribution is -2.48. The Morgan fingerprint density at radius 2 is 1.52 bits per heavy atom. The van der Waals surface area contributed by atoms with Crippen molar-refractivity contribution in [3.05, 3.63) is 65.7 Å².